The Labute approximate surface area is 182 Å². The van der Waals surface area contributed by atoms with Crippen LogP contribution in [0.5, 0.6) is 0 Å². The topological polar surface area (TPSA) is 103 Å². The van der Waals surface area contributed by atoms with Gasteiger partial charge in [0.1, 0.15) is 5.82 Å². The van der Waals surface area contributed by atoms with Gasteiger partial charge in [0, 0.05) is 25.7 Å². The highest BCUT2D eigenvalue weighted by molar-refractivity contribution is 7.92. The third-order valence-corrected chi connectivity index (χ3v) is 7.54. The van der Waals surface area contributed by atoms with Crippen LogP contribution in [0.25, 0.3) is 0 Å². The van der Waals surface area contributed by atoms with E-state index in [4.69, 9.17) is 11.6 Å². The predicted molar refractivity (Wildman–Crippen MR) is 116 cm³/mol. The molecule has 0 unspecified atom stereocenters. The fraction of sp³-hybridized carbons (Fsp3) is 0.700. The van der Waals surface area contributed by atoms with Gasteiger partial charge < -0.3 is 14.9 Å². The monoisotopic (exact) mass is 456 g/mol. The second kappa shape index (κ2) is 8.16. The van der Waals surface area contributed by atoms with Crippen molar-refractivity contribution in [2.75, 3.05) is 35.5 Å². The van der Waals surface area contributed by atoms with Crippen molar-refractivity contribution < 1.29 is 18.3 Å². The highest BCUT2D eigenvalue weighted by Gasteiger charge is 2.51. The van der Waals surface area contributed by atoms with E-state index < -0.39 is 15.4 Å². The smallest absolute Gasteiger partial charge is 0.230 e. The number of hydrogen-bond acceptors (Lipinski definition) is 6. The standard InChI is InChI=1S/C20H29ClN4O4S/c1-30(28,29)23-14-11-17(21)18(22-12-14)24-9-2-7-20(13-24)8-10-25(19(20)27)15-3-5-16(26)6-4-15/h11-12,15-16,23,26H,2-10,13H2,1H3/t15?,16?,20-/m1/s1. The molecule has 3 heterocycles. The minimum Gasteiger partial charge on any atom is -0.393 e. The van der Waals surface area contributed by atoms with Gasteiger partial charge in [0.15, 0.2) is 0 Å². The molecular formula is C20H29ClN4O4S. The maximum Gasteiger partial charge on any atom is 0.230 e. The first kappa shape index (κ1) is 21.6. The Kier molecular flexibility index (Phi) is 5.89. The largest absolute Gasteiger partial charge is 0.393 e. The number of nitrogens with one attached hydrogen (secondary N) is 1. The maximum atomic E-state index is 13.4. The number of hydrogen-bond donors (Lipinski definition) is 2. The molecule has 1 amide bonds. The van der Waals surface area contributed by atoms with Crippen LogP contribution in [0.2, 0.25) is 5.02 Å². The summed E-state index contributed by atoms with van der Waals surface area (Å²) in [6, 6.07) is 1.79. The highest BCUT2D eigenvalue weighted by atomic mass is 35.5. The number of amides is 1. The van der Waals surface area contributed by atoms with Crippen molar-refractivity contribution in [1.29, 1.82) is 0 Å². The van der Waals surface area contributed by atoms with Crippen LogP contribution >= 0.6 is 11.6 Å². The predicted octanol–water partition coefficient (Wildman–Crippen LogP) is 2.23. The molecule has 1 atom stereocenters. The normalized spacial score (nSPS) is 30.2. The number of rotatable bonds is 4. The molecule has 0 bridgehead atoms. The molecule has 1 saturated carbocycles. The van der Waals surface area contributed by atoms with Crippen molar-refractivity contribution in [3.8, 4) is 0 Å². The molecular weight excluding hydrogens is 428 g/mol. The van der Waals surface area contributed by atoms with Crippen molar-refractivity contribution in [2.45, 2.75) is 57.1 Å². The number of anilines is 2. The van der Waals surface area contributed by atoms with E-state index in [0.717, 1.165) is 64.3 Å². The van der Waals surface area contributed by atoms with E-state index in [1.165, 1.54) is 6.20 Å². The Morgan fingerprint density at radius 2 is 1.97 bits per heavy atom. The second-order valence-corrected chi connectivity index (χ2v) is 11.1. The number of pyridine rings is 1. The van der Waals surface area contributed by atoms with Crippen LogP contribution in [-0.4, -0.2) is 67.4 Å². The second-order valence-electron chi connectivity index (χ2n) is 8.92. The van der Waals surface area contributed by atoms with Crippen LogP contribution in [0.15, 0.2) is 12.3 Å². The number of nitrogens with zero attached hydrogens (tertiary/aromatic N) is 3. The van der Waals surface area contributed by atoms with Crippen LogP contribution < -0.4 is 9.62 Å². The van der Waals surface area contributed by atoms with Crippen LogP contribution in [0.3, 0.4) is 0 Å². The number of halogens is 1. The number of sulfonamides is 1. The fourth-order valence-corrected chi connectivity index (χ4v) is 6.02. The van der Waals surface area contributed by atoms with E-state index in [2.05, 4.69) is 14.6 Å². The SMILES string of the molecule is CS(=O)(=O)Nc1cnc(N2CCC[C@@]3(CCN(C4CCC(O)CC4)C3=O)C2)c(Cl)c1. The van der Waals surface area contributed by atoms with Crippen LogP contribution in [-0.2, 0) is 14.8 Å². The van der Waals surface area contributed by atoms with Gasteiger partial charge in [-0.05, 0) is 51.0 Å². The summed E-state index contributed by atoms with van der Waals surface area (Å²) in [7, 11) is -3.41. The molecule has 1 aromatic heterocycles. The number of aliphatic hydroxyl groups is 1. The molecule has 2 aliphatic heterocycles. The molecule has 0 aromatic carbocycles. The molecule has 0 radical (unpaired) electrons. The summed E-state index contributed by atoms with van der Waals surface area (Å²) in [5.41, 5.74) is -0.0937. The first-order valence-electron chi connectivity index (χ1n) is 10.5. The summed E-state index contributed by atoms with van der Waals surface area (Å²) in [6.07, 6.45) is 8.14. The highest BCUT2D eigenvalue weighted by Crippen LogP contribution is 2.44. The minimum atomic E-state index is -3.41. The number of likely N-dealkylation sites (tertiary alicyclic amines) is 1. The lowest BCUT2D eigenvalue weighted by Gasteiger charge is -2.41. The zero-order valence-electron chi connectivity index (χ0n) is 17.2. The molecule has 1 aliphatic carbocycles. The number of aliphatic hydroxyl groups excluding tert-OH is 1. The Morgan fingerprint density at radius 1 is 1.23 bits per heavy atom. The average Bonchev–Trinajstić information content (AvgIpc) is 2.97. The van der Waals surface area contributed by atoms with E-state index >= 15 is 0 Å². The lowest BCUT2D eigenvalue weighted by atomic mass is 9.78. The Balaban J connectivity index is 1.49. The summed E-state index contributed by atoms with van der Waals surface area (Å²) in [5.74, 6) is 0.807. The van der Waals surface area contributed by atoms with Gasteiger partial charge in [0.25, 0.3) is 0 Å². The van der Waals surface area contributed by atoms with Gasteiger partial charge in [-0.1, -0.05) is 11.6 Å². The van der Waals surface area contributed by atoms with E-state index in [1.807, 2.05) is 4.90 Å². The first-order chi connectivity index (χ1) is 14.2. The van der Waals surface area contributed by atoms with Crippen LogP contribution in [0.1, 0.15) is 44.9 Å². The Hall–Kier alpha value is -1.58. The van der Waals surface area contributed by atoms with Crippen molar-refractivity contribution in [3.63, 3.8) is 0 Å². The van der Waals surface area contributed by atoms with Gasteiger partial charge in [-0.25, -0.2) is 13.4 Å². The molecule has 2 saturated heterocycles. The molecule has 3 fully saturated rings. The first-order valence-corrected chi connectivity index (χ1v) is 12.8. The molecule has 8 nitrogen and oxygen atoms in total. The van der Waals surface area contributed by atoms with Gasteiger partial charge in [0.05, 0.1) is 34.7 Å². The zero-order chi connectivity index (χ0) is 21.5. The fourth-order valence-electron chi connectivity index (χ4n) is 5.19. The van der Waals surface area contributed by atoms with E-state index in [1.54, 1.807) is 6.07 Å². The molecule has 166 valence electrons. The molecule has 4 rings (SSSR count). The minimum absolute atomic E-state index is 0.222. The molecule has 1 spiro atoms. The summed E-state index contributed by atoms with van der Waals surface area (Å²) in [6.45, 7) is 2.10. The summed E-state index contributed by atoms with van der Waals surface area (Å²) in [5, 5.41) is 10.1. The number of piperidine rings is 1. The summed E-state index contributed by atoms with van der Waals surface area (Å²) in [4.78, 5) is 21.9. The van der Waals surface area contributed by atoms with E-state index in [9.17, 15) is 18.3 Å². The molecule has 1 aromatic rings. The third kappa shape index (κ3) is 4.38. The van der Waals surface area contributed by atoms with Crippen LogP contribution in [0.4, 0.5) is 11.5 Å². The van der Waals surface area contributed by atoms with Gasteiger partial charge in [-0.15, -0.1) is 0 Å². The lowest BCUT2D eigenvalue weighted by molar-refractivity contribution is -0.139. The quantitative estimate of drug-likeness (QED) is 0.720. The van der Waals surface area contributed by atoms with Gasteiger partial charge >= 0.3 is 0 Å². The average molecular weight is 457 g/mol. The number of carbonyl (C=O) groups excluding carboxylic acids is 1. The van der Waals surface area contributed by atoms with Crippen LogP contribution in [0, 0.1) is 5.41 Å². The van der Waals surface area contributed by atoms with Crippen molar-refractivity contribution in [3.05, 3.63) is 17.3 Å². The van der Waals surface area contributed by atoms with Crippen molar-refractivity contribution in [1.82, 2.24) is 9.88 Å². The van der Waals surface area contributed by atoms with Gasteiger partial charge in [-0.2, -0.15) is 0 Å². The van der Waals surface area contributed by atoms with E-state index in [0.29, 0.717) is 23.1 Å². The summed E-state index contributed by atoms with van der Waals surface area (Å²) < 4.78 is 25.3. The Bertz CT molecular complexity index is 919. The zero-order valence-corrected chi connectivity index (χ0v) is 18.8. The van der Waals surface area contributed by atoms with Crippen molar-refractivity contribution in [2.24, 2.45) is 5.41 Å². The molecule has 3 aliphatic rings. The third-order valence-electron chi connectivity index (χ3n) is 6.65. The maximum absolute atomic E-state index is 13.4. The Morgan fingerprint density at radius 3 is 2.63 bits per heavy atom. The number of aromatic nitrogens is 1. The van der Waals surface area contributed by atoms with Gasteiger partial charge in [0.2, 0.25) is 15.9 Å². The molecule has 30 heavy (non-hydrogen) atoms. The van der Waals surface area contributed by atoms with Crippen molar-refractivity contribution >= 4 is 39.0 Å². The summed E-state index contributed by atoms with van der Waals surface area (Å²) >= 11 is 6.43. The molecule has 10 heteroatoms. The lowest BCUT2D eigenvalue weighted by Crippen LogP contribution is -2.50. The number of carbonyl (C=O) groups is 1. The van der Waals surface area contributed by atoms with E-state index in [-0.39, 0.29) is 18.1 Å². The van der Waals surface area contributed by atoms with Gasteiger partial charge in [-0.3, -0.25) is 9.52 Å². The molecule has 2 N–H and O–H groups in total.